The van der Waals surface area contributed by atoms with E-state index >= 15 is 0 Å². The topological polar surface area (TPSA) is 38.8 Å². The zero-order valence-corrected chi connectivity index (χ0v) is 16.9. The van der Waals surface area contributed by atoms with Crippen LogP contribution in [0.25, 0.3) is 0 Å². The van der Waals surface area contributed by atoms with Crippen LogP contribution in [0.15, 0.2) is 36.4 Å². The standard InChI is InChI=1S/C20H23Cl2NO3/c1-13(17-8-6-15(21)12-18(17)22)23(2)20(24)10-5-14-11-16(25-3)7-9-19(14)26-4/h6-9,11-13H,5,10H2,1-4H3. The molecule has 0 radical (unpaired) electrons. The molecule has 4 nitrogen and oxygen atoms in total. The summed E-state index contributed by atoms with van der Waals surface area (Å²) in [6, 6.07) is 10.7. The molecule has 0 saturated carbocycles. The Kier molecular flexibility index (Phi) is 7.18. The molecule has 0 aliphatic rings. The predicted molar refractivity (Wildman–Crippen MR) is 106 cm³/mol. The fraction of sp³-hybridized carbons (Fsp3) is 0.350. The number of carbonyl (C=O) groups is 1. The fourth-order valence-electron chi connectivity index (χ4n) is 2.76. The highest BCUT2D eigenvalue weighted by Gasteiger charge is 2.20. The summed E-state index contributed by atoms with van der Waals surface area (Å²) in [7, 11) is 5.01. The molecule has 0 heterocycles. The van der Waals surface area contributed by atoms with E-state index in [4.69, 9.17) is 32.7 Å². The van der Waals surface area contributed by atoms with Crippen LogP contribution < -0.4 is 9.47 Å². The number of hydrogen-bond donors (Lipinski definition) is 0. The van der Waals surface area contributed by atoms with Crippen LogP contribution in [0.1, 0.15) is 30.5 Å². The fourth-order valence-corrected chi connectivity index (χ4v) is 3.33. The van der Waals surface area contributed by atoms with Crippen LogP contribution in [0, 0.1) is 0 Å². The number of aryl methyl sites for hydroxylation is 1. The average Bonchev–Trinajstić information content (AvgIpc) is 2.64. The third-order valence-corrected chi connectivity index (χ3v) is 5.05. The van der Waals surface area contributed by atoms with Gasteiger partial charge in [0.1, 0.15) is 11.5 Å². The molecule has 26 heavy (non-hydrogen) atoms. The van der Waals surface area contributed by atoms with Crippen LogP contribution in [0.5, 0.6) is 11.5 Å². The van der Waals surface area contributed by atoms with Crippen molar-refractivity contribution in [1.82, 2.24) is 4.90 Å². The molecule has 0 spiro atoms. The average molecular weight is 396 g/mol. The van der Waals surface area contributed by atoms with Crippen LogP contribution in [0.3, 0.4) is 0 Å². The van der Waals surface area contributed by atoms with Crippen LogP contribution in [0.2, 0.25) is 10.0 Å². The largest absolute Gasteiger partial charge is 0.497 e. The lowest BCUT2D eigenvalue weighted by Gasteiger charge is -2.26. The molecule has 0 aliphatic carbocycles. The maximum atomic E-state index is 12.6. The van der Waals surface area contributed by atoms with Gasteiger partial charge in [0.2, 0.25) is 5.91 Å². The van der Waals surface area contributed by atoms with E-state index in [0.717, 1.165) is 22.6 Å². The first-order valence-electron chi connectivity index (χ1n) is 8.29. The first-order chi connectivity index (χ1) is 12.4. The van der Waals surface area contributed by atoms with Gasteiger partial charge in [0, 0.05) is 23.5 Å². The number of halogens is 2. The molecule has 0 N–H and O–H groups in total. The van der Waals surface area contributed by atoms with Gasteiger partial charge in [0.25, 0.3) is 0 Å². The molecular formula is C20H23Cl2NO3. The Morgan fingerprint density at radius 2 is 1.85 bits per heavy atom. The van der Waals surface area contributed by atoms with E-state index in [-0.39, 0.29) is 11.9 Å². The summed E-state index contributed by atoms with van der Waals surface area (Å²) in [6.45, 7) is 1.94. The molecule has 0 bridgehead atoms. The number of benzene rings is 2. The van der Waals surface area contributed by atoms with Gasteiger partial charge < -0.3 is 14.4 Å². The van der Waals surface area contributed by atoms with Crippen molar-refractivity contribution >= 4 is 29.1 Å². The van der Waals surface area contributed by atoms with Crippen molar-refractivity contribution in [2.24, 2.45) is 0 Å². The van der Waals surface area contributed by atoms with E-state index in [2.05, 4.69) is 0 Å². The lowest BCUT2D eigenvalue weighted by Crippen LogP contribution is -2.30. The van der Waals surface area contributed by atoms with Gasteiger partial charge in [0.15, 0.2) is 0 Å². The monoisotopic (exact) mass is 395 g/mol. The Morgan fingerprint density at radius 3 is 2.46 bits per heavy atom. The first-order valence-corrected chi connectivity index (χ1v) is 9.04. The Hall–Kier alpha value is -1.91. The van der Waals surface area contributed by atoms with Crippen molar-refractivity contribution in [3.63, 3.8) is 0 Å². The highest BCUT2D eigenvalue weighted by molar-refractivity contribution is 6.35. The van der Waals surface area contributed by atoms with E-state index < -0.39 is 0 Å². The zero-order chi connectivity index (χ0) is 19.3. The van der Waals surface area contributed by atoms with Crippen molar-refractivity contribution in [1.29, 1.82) is 0 Å². The molecule has 0 aromatic heterocycles. The molecular weight excluding hydrogens is 373 g/mol. The van der Waals surface area contributed by atoms with Crippen molar-refractivity contribution in [2.45, 2.75) is 25.8 Å². The molecule has 2 rings (SSSR count). The smallest absolute Gasteiger partial charge is 0.223 e. The summed E-state index contributed by atoms with van der Waals surface area (Å²) >= 11 is 12.2. The molecule has 6 heteroatoms. The minimum absolute atomic E-state index is 0.0217. The van der Waals surface area contributed by atoms with Gasteiger partial charge in [-0.25, -0.2) is 0 Å². The zero-order valence-electron chi connectivity index (χ0n) is 15.4. The predicted octanol–water partition coefficient (Wildman–Crippen LogP) is 5.16. The van der Waals surface area contributed by atoms with Gasteiger partial charge in [-0.2, -0.15) is 0 Å². The van der Waals surface area contributed by atoms with Gasteiger partial charge in [-0.15, -0.1) is 0 Å². The summed E-state index contributed by atoms with van der Waals surface area (Å²) in [5.74, 6) is 1.51. The Balaban J connectivity index is 2.07. The summed E-state index contributed by atoms with van der Waals surface area (Å²) in [4.78, 5) is 14.3. The van der Waals surface area contributed by atoms with E-state index in [1.54, 1.807) is 38.3 Å². The number of methoxy groups -OCH3 is 2. The molecule has 0 saturated heterocycles. The van der Waals surface area contributed by atoms with E-state index in [1.807, 2.05) is 31.2 Å². The van der Waals surface area contributed by atoms with E-state index in [1.165, 1.54) is 0 Å². The maximum absolute atomic E-state index is 12.6. The molecule has 0 fully saturated rings. The minimum atomic E-state index is -0.153. The lowest BCUT2D eigenvalue weighted by molar-refractivity contribution is -0.131. The van der Waals surface area contributed by atoms with Gasteiger partial charge in [-0.05, 0) is 54.8 Å². The normalized spacial score (nSPS) is 11.8. The second kappa shape index (κ2) is 9.15. The van der Waals surface area contributed by atoms with Crippen LogP contribution >= 0.6 is 23.2 Å². The molecule has 140 valence electrons. The van der Waals surface area contributed by atoms with Gasteiger partial charge in [-0.1, -0.05) is 29.3 Å². The Bertz CT molecular complexity index is 780. The Labute approximate surface area is 164 Å². The van der Waals surface area contributed by atoms with Crippen molar-refractivity contribution < 1.29 is 14.3 Å². The highest BCUT2D eigenvalue weighted by atomic mass is 35.5. The second-order valence-corrected chi connectivity index (χ2v) is 6.87. The van der Waals surface area contributed by atoms with Crippen molar-refractivity contribution in [2.75, 3.05) is 21.3 Å². The molecule has 1 amide bonds. The number of carbonyl (C=O) groups excluding carboxylic acids is 1. The van der Waals surface area contributed by atoms with E-state index in [0.29, 0.717) is 22.9 Å². The number of hydrogen-bond acceptors (Lipinski definition) is 3. The summed E-state index contributed by atoms with van der Waals surface area (Å²) in [6.07, 6.45) is 0.917. The Morgan fingerprint density at radius 1 is 1.12 bits per heavy atom. The first kappa shape index (κ1) is 20.4. The molecule has 1 atom stereocenters. The minimum Gasteiger partial charge on any atom is -0.497 e. The molecule has 2 aromatic carbocycles. The van der Waals surface area contributed by atoms with Crippen LogP contribution in [-0.4, -0.2) is 32.1 Å². The van der Waals surface area contributed by atoms with Gasteiger partial charge in [0.05, 0.1) is 20.3 Å². The van der Waals surface area contributed by atoms with Gasteiger partial charge >= 0.3 is 0 Å². The van der Waals surface area contributed by atoms with E-state index in [9.17, 15) is 4.79 Å². The number of nitrogens with zero attached hydrogens (tertiary/aromatic N) is 1. The highest BCUT2D eigenvalue weighted by Crippen LogP contribution is 2.30. The summed E-state index contributed by atoms with van der Waals surface area (Å²) in [5.41, 5.74) is 1.80. The van der Waals surface area contributed by atoms with Crippen molar-refractivity contribution in [3.05, 3.63) is 57.6 Å². The SMILES string of the molecule is COc1ccc(OC)c(CCC(=O)N(C)C(C)c2ccc(Cl)cc2Cl)c1. The molecule has 0 aliphatic heterocycles. The molecule has 1 unspecified atom stereocenters. The number of rotatable bonds is 7. The second-order valence-electron chi connectivity index (χ2n) is 6.02. The quantitative estimate of drug-likeness (QED) is 0.649. The van der Waals surface area contributed by atoms with Gasteiger partial charge in [-0.3, -0.25) is 4.79 Å². The van der Waals surface area contributed by atoms with Crippen LogP contribution in [0.4, 0.5) is 0 Å². The lowest BCUT2D eigenvalue weighted by atomic mass is 10.0. The van der Waals surface area contributed by atoms with Crippen molar-refractivity contribution in [3.8, 4) is 11.5 Å². The maximum Gasteiger partial charge on any atom is 0.223 e. The molecule has 2 aromatic rings. The third-order valence-electron chi connectivity index (χ3n) is 4.48. The third kappa shape index (κ3) is 4.83. The summed E-state index contributed by atoms with van der Waals surface area (Å²) in [5, 5.41) is 1.13. The van der Waals surface area contributed by atoms with Crippen LogP contribution in [-0.2, 0) is 11.2 Å². The number of amides is 1. The number of ether oxygens (including phenoxy) is 2. The summed E-state index contributed by atoms with van der Waals surface area (Å²) < 4.78 is 10.6.